The number of aromatic nitrogens is 2. The molecule has 1 heterocycles. The van der Waals surface area contributed by atoms with Crippen molar-refractivity contribution >= 4 is 16.9 Å². The lowest BCUT2D eigenvalue weighted by molar-refractivity contribution is 1.04. The zero-order chi connectivity index (χ0) is 12.5. The summed E-state index contributed by atoms with van der Waals surface area (Å²) in [5.41, 5.74) is 7.23. The van der Waals surface area contributed by atoms with Gasteiger partial charge in [-0.25, -0.2) is 0 Å². The first kappa shape index (κ1) is 10.5. The second-order valence-corrected chi connectivity index (χ2v) is 3.96. The Balaban J connectivity index is 2.46. The minimum atomic E-state index is -0.296. The average Bonchev–Trinajstić information content (AvgIpc) is 2.40. The van der Waals surface area contributed by atoms with Gasteiger partial charge in [0.25, 0.3) is 5.56 Å². The zero-order valence-electron chi connectivity index (χ0n) is 9.58. The van der Waals surface area contributed by atoms with Gasteiger partial charge in [0.05, 0.1) is 10.9 Å². The third-order valence-corrected chi connectivity index (χ3v) is 2.83. The molecule has 0 radical (unpaired) electrons. The Bertz CT molecular complexity index is 763. The monoisotopic (exact) mass is 237 g/mol. The first-order valence-electron chi connectivity index (χ1n) is 5.60. The predicted octanol–water partition coefficient (Wildman–Crippen LogP) is 1.97. The highest BCUT2D eigenvalue weighted by Gasteiger charge is 2.08. The van der Waals surface area contributed by atoms with Gasteiger partial charge >= 0.3 is 0 Å². The Labute approximate surface area is 103 Å². The van der Waals surface area contributed by atoms with Crippen molar-refractivity contribution in [2.45, 2.75) is 0 Å². The maximum atomic E-state index is 11.8. The molecular weight excluding hydrogens is 226 g/mol. The quantitative estimate of drug-likeness (QED) is 0.703. The summed E-state index contributed by atoms with van der Waals surface area (Å²) in [7, 11) is 0. The van der Waals surface area contributed by atoms with Gasteiger partial charge in [0.2, 0.25) is 5.95 Å². The van der Waals surface area contributed by atoms with Crippen LogP contribution in [0.2, 0.25) is 0 Å². The molecule has 0 fully saturated rings. The Morgan fingerprint density at radius 2 is 1.61 bits per heavy atom. The van der Waals surface area contributed by atoms with Crippen LogP contribution in [0.4, 0.5) is 5.95 Å². The number of fused-ring (bicyclic) bond motifs is 1. The van der Waals surface area contributed by atoms with E-state index < -0.39 is 0 Å². The summed E-state index contributed by atoms with van der Waals surface area (Å²) >= 11 is 0. The number of rotatable bonds is 1. The molecule has 0 spiro atoms. The van der Waals surface area contributed by atoms with Crippen molar-refractivity contribution in [2.75, 3.05) is 5.73 Å². The van der Waals surface area contributed by atoms with E-state index in [9.17, 15) is 4.79 Å². The molecule has 0 unspecified atom stereocenters. The van der Waals surface area contributed by atoms with Crippen molar-refractivity contribution in [3.8, 4) is 5.69 Å². The summed E-state index contributed by atoms with van der Waals surface area (Å²) in [5.74, 6) is 0.199. The first-order chi connectivity index (χ1) is 8.77. The van der Waals surface area contributed by atoms with Crippen molar-refractivity contribution in [1.82, 2.24) is 9.55 Å². The lowest BCUT2D eigenvalue weighted by Gasteiger charge is -2.12. The van der Waals surface area contributed by atoms with Gasteiger partial charge in [0.15, 0.2) is 0 Å². The molecule has 2 N–H and O–H groups in total. The first-order valence-corrected chi connectivity index (χ1v) is 5.60. The normalized spacial score (nSPS) is 10.7. The predicted molar refractivity (Wildman–Crippen MR) is 71.8 cm³/mol. The Morgan fingerprint density at radius 1 is 0.944 bits per heavy atom. The van der Waals surface area contributed by atoms with Crippen LogP contribution in [0.3, 0.4) is 0 Å². The van der Waals surface area contributed by atoms with E-state index >= 15 is 0 Å². The standard InChI is InChI=1S/C14H11N3O/c15-14-16-13(18)11-8-4-5-9-12(11)17(14)10-6-2-1-3-7-10/h1-9H,(H2,15,16,18). The van der Waals surface area contributed by atoms with E-state index in [1.165, 1.54) is 0 Å². The number of hydrogen-bond acceptors (Lipinski definition) is 3. The highest BCUT2D eigenvalue weighted by atomic mass is 16.1. The maximum absolute atomic E-state index is 11.8. The third-order valence-electron chi connectivity index (χ3n) is 2.83. The number of benzene rings is 2. The van der Waals surface area contributed by atoms with Gasteiger partial charge in [0, 0.05) is 5.69 Å². The van der Waals surface area contributed by atoms with Crippen LogP contribution in [0.5, 0.6) is 0 Å². The fourth-order valence-corrected chi connectivity index (χ4v) is 2.04. The molecule has 0 amide bonds. The summed E-state index contributed by atoms with van der Waals surface area (Å²) in [4.78, 5) is 15.6. The van der Waals surface area contributed by atoms with E-state index in [1.54, 1.807) is 10.6 Å². The molecule has 4 nitrogen and oxygen atoms in total. The number of hydrogen-bond donors (Lipinski definition) is 1. The molecule has 0 saturated heterocycles. The fraction of sp³-hybridized carbons (Fsp3) is 0. The molecule has 0 aliphatic heterocycles. The Hall–Kier alpha value is -2.62. The number of nitrogens with two attached hydrogens (primary N) is 1. The van der Waals surface area contributed by atoms with Crippen LogP contribution in [-0.4, -0.2) is 9.55 Å². The lowest BCUT2D eigenvalue weighted by Crippen LogP contribution is -2.16. The molecule has 0 bridgehead atoms. The van der Waals surface area contributed by atoms with E-state index in [0.29, 0.717) is 5.39 Å². The molecule has 18 heavy (non-hydrogen) atoms. The second-order valence-electron chi connectivity index (χ2n) is 3.96. The SMILES string of the molecule is Nc1nc(=O)c2ccccc2n1-c1ccccc1. The summed E-state index contributed by atoms with van der Waals surface area (Å²) in [6, 6.07) is 16.9. The summed E-state index contributed by atoms with van der Waals surface area (Å²) in [6.07, 6.45) is 0. The average molecular weight is 237 g/mol. The molecule has 1 aromatic heterocycles. The van der Waals surface area contributed by atoms with Gasteiger partial charge in [-0.1, -0.05) is 30.3 Å². The van der Waals surface area contributed by atoms with Crippen LogP contribution in [0, 0.1) is 0 Å². The molecule has 0 saturated carbocycles. The van der Waals surface area contributed by atoms with Crippen molar-refractivity contribution in [3.05, 3.63) is 65.0 Å². The van der Waals surface area contributed by atoms with Crippen LogP contribution < -0.4 is 11.3 Å². The van der Waals surface area contributed by atoms with E-state index in [4.69, 9.17) is 5.73 Å². The number of nitrogen functional groups attached to an aromatic ring is 1. The van der Waals surface area contributed by atoms with Gasteiger partial charge in [-0.3, -0.25) is 9.36 Å². The summed E-state index contributed by atoms with van der Waals surface area (Å²) in [6.45, 7) is 0. The molecule has 4 heteroatoms. The van der Waals surface area contributed by atoms with Gasteiger partial charge in [-0.2, -0.15) is 4.98 Å². The highest BCUT2D eigenvalue weighted by Crippen LogP contribution is 2.18. The van der Waals surface area contributed by atoms with Crippen molar-refractivity contribution in [3.63, 3.8) is 0 Å². The van der Waals surface area contributed by atoms with E-state index in [-0.39, 0.29) is 11.5 Å². The van der Waals surface area contributed by atoms with Gasteiger partial charge < -0.3 is 5.73 Å². The zero-order valence-corrected chi connectivity index (χ0v) is 9.58. The molecule has 2 aromatic carbocycles. The highest BCUT2D eigenvalue weighted by molar-refractivity contribution is 5.81. The molecule has 3 aromatic rings. The van der Waals surface area contributed by atoms with Crippen LogP contribution in [0.25, 0.3) is 16.6 Å². The Kier molecular flexibility index (Phi) is 2.34. The number of anilines is 1. The molecule has 3 rings (SSSR count). The minimum absolute atomic E-state index is 0.199. The Morgan fingerprint density at radius 3 is 2.39 bits per heavy atom. The lowest BCUT2D eigenvalue weighted by atomic mass is 10.2. The molecule has 0 aliphatic rings. The van der Waals surface area contributed by atoms with Crippen LogP contribution in [-0.2, 0) is 0 Å². The smallest absolute Gasteiger partial charge is 0.282 e. The van der Waals surface area contributed by atoms with E-state index in [2.05, 4.69) is 4.98 Å². The molecular formula is C14H11N3O. The molecule has 0 aliphatic carbocycles. The maximum Gasteiger partial charge on any atom is 0.282 e. The fourth-order valence-electron chi connectivity index (χ4n) is 2.04. The van der Waals surface area contributed by atoms with Crippen LogP contribution >= 0.6 is 0 Å². The van der Waals surface area contributed by atoms with Crippen molar-refractivity contribution in [2.24, 2.45) is 0 Å². The molecule has 0 atom stereocenters. The topological polar surface area (TPSA) is 60.9 Å². The number of para-hydroxylation sites is 2. The van der Waals surface area contributed by atoms with Crippen molar-refractivity contribution in [1.29, 1.82) is 0 Å². The largest absolute Gasteiger partial charge is 0.369 e. The number of nitrogens with zero attached hydrogens (tertiary/aromatic N) is 2. The van der Waals surface area contributed by atoms with Crippen LogP contribution in [0.15, 0.2) is 59.4 Å². The summed E-state index contributed by atoms with van der Waals surface area (Å²) in [5, 5.41) is 0.565. The van der Waals surface area contributed by atoms with E-state index in [1.807, 2.05) is 48.5 Å². The minimum Gasteiger partial charge on any atom is -0.369 e. The van der Waals surface area contributed by atoms with Crippen LogP contribution in [0.1, 0.15) is 0 Å². The van der Waals surface area contributed by atoms with E-state index in [0.717, 1.165) is 11.2 Å². The van der Waals surface area contributed by atoms with Crippen molar-refractivity contribution < 1.29 is 0 Å². The third kappa shape index (κ3) is 1.55. The van der Waals surface area contributed by atoms with Gasteiger partial charge in [-0.05, 0) is 24.3 Å². The summed E-state index contributed by atoms with van der Waals surface area (Å²) < 4.78 is 1.77. The second kappa shape index (κ2) is 4.00. The molecule has 88 valence electrons. The van der Waals surface area contributed by atoms with Gasteiger partial charge in [0.1, 0.15) is 0 Å². The van der Waals surface area contributed by atoms with Gasteiger partial charge in [-0.15, -0.1) is 0 Å².